The van der Waals surface area contributed by atoms with E-state index in [-0.39, 0.29) is 17.0 Å². The summed E-state index contributed by atoms with van der Waals surface area (Å²) in [6.45, 7) is 1.66. The molecule has 1 aromatic carbocycles. The molecule has 0 fully saturated rings. The van der Waals surface area contributed by atoms with Gasteiger partial charge in [-0.1, -0.05) is 18.9 Å². The van der Waals surface area contributed by atoms with E-state index in [1.807, 2.05) is 0 Å². The number of carboxylic acids is 1. The Kier molecular flexibility index (Phi) is 4.48. The Morgan fingerprint density at radius 2 is 2.17 bits per heavy atom. The maximum atomic E-state index is 11.8. The Morgan fingerprint density at radius 3 is 2.67 bits per heavy atom. The van der Waals surface area contributed by atoms with Crippen molar-refractivity contribution in [1.82, 2.24) is 4.72 Å². The van der Waals surface area contributed by atoms with E-state index in [4.69, 9.17) is 11.5 Å². The number of aryl methyl sites for hydroxylation is 1. The average molecular weight is 267 g/mol. The lowest BCUT2D eigenvalue weighted by atomic mass is 10.1. The van der Waals surface area contributed by atoms with E-state index in [0.717, 1.165) is 6.07 Å². The molecule has 0 radical (unpaired) electrons. The van der Waals surface area contributed by atoms with Gasteiger partial charge in [-0.05, 0) is 24.1 Å². The first-order valence-corrected chi connectivity index (χ1v) is 6.70. The van der Waals surface area contributed by atoms with Crippen molar-refractivity contribution in [2.75, 3.05) is 6.54 Å². The second kappa shape index (κ2) is 5.67. The summed E-state index contributed by atoms with van der Waals surface area (Å²) in [5.74, 6) is 0.995. The summed E-state index contributed by atoms with van der Waals surface area (Å²) in [6.07, 6.45) is 5.48. The molecule has 0 bridgehead atoms. The van der Waals surface area contributed by atoms with Gasteiger partial charge in [0.1, 0.15) is 0 Å². The Bertz CT molecular complexity index is 599. The third-order valence-corrected chi connectivity index (χ3v) is 3.77. The minimum atomic E-state index is -3.76. The molecular formula is C12H13NO4S. The summed E-state index contributed by atoms with van der Waals surface area (Å²) in [5, 5.41) is 9.02. The van der Waals surface area contributed by atoms with Crippen LogP contribution in [0.15, 0.2) is 23.1 Å². The van der Waals surface area contributed by atoms with Gasteiger partial charge in [0.25, 0.3) is 0 Å². The van der Waals surface area contributed by atoms with Gasteiger partial charge in [-0.15, -0.1) is 6.42 Å². The topological polar surface area (TPSA) is 83.5 Å². The van der Waals surface area contributed by atoms with Gasteiger partial charge >= 0.3 is 5.97 Å². The molecule has 0 aliphatic heterocycles. The molecule has 1 aromatic rings. The van der Waals surface area contributed by atoms with E-state index in [1.165, 1.54) is 12.1 Å². The van der Waals surface area contributed by atoms with Crippen LogP contribution in [0, 0.1) is 12.3 Å². The maximum Gasteiger partial charge on any atom is 0.336 e. The molecule has 0 unspecified atom stereocenters. The van der Waals surface area contributed by atoms with Crippen molar-refractivity contribution in [1.29, 1.82) is 0 Å². The first kappa shape index (κ1) is 14.2. The van der Waals surface area contributed by atoms with E-state index >= 15 is 0 Å². The third kappa shape index (κ3) is 3.09. The van der Waals surface area contributed by atoms with Crippen LogP contribution in [0.5, 0.6) is 0 Å². The van der Waals surface area contributed by atoms with Crippen LogP contribution in [-0.4, -0.2) is 26.0 Å². The molecule has 5 nitrogen and oxygen atoms in total. The summed E-state index contributed by atoms with van der Waals surface area (Å²) in [6, 6.07) is 4.00. The van der Waals surface area contributed by atoms with Crippen LogP contribution < -0.4 is 4.72 Å². The van der Waals surface area contributed by atoms with Crippen LogP contribution in [0.25, 0.3) is 0 Å². The predicted molar refractivity (Wildman–Crippen MR) is 66.8 cm³/mol. The van der Waals surface area contributed by atoms with Crippen molar-refractivity contribution in [3.63, 3.8) is 0 Å². The molecule has 6 heteroatoms. The summed E-state index contributed by atoms with van der Waals surface area (Å²) in [4.78, 5) is 10.9. The molecule has 0 aromatic heterocycles. The van der Waals surface area contributed by atoms with Gasteiger partial charge in [0.15, 0.2) is 0 Å². The third-order valence-electron chi connectivity index (χ3n) is 2.37. The van der Waals surface area contributed by atoms with Crippen LogP contribution in [0.2, 0.25) is 0 Å². The molecule has 0 amide bonds. The smallest absolute Gasteiger partial charge is 0.336 e. The van der Waals surface area contributed by atoms with Crippen molar-refractivity contribution >= 4 is 16.0 Å². The van der Waals surface area contributed by atoms with E-state index in [9.17, 15) is 13.2 Å². The van der Waals surface area contributed by atoms with Gasteiger partial charge in [-0.25, -0.2) is 13.2 Å². The Balaban J connectivity index is 3.25. The fourth-order valence-corrected chi connectivity index (χ4v) is 2.41. The molecule has 0 saturated carbocycles. The number of sulfonamides is 1. The molecule has 0 aliphatic rings. The highest BCUT2D eigenvalue weighted by molar-refractivity contribution is 7.89. The lowest BCUT2D eigenvalue weighted by molar-refractivity contribution is 0.0695. The van der Waals surface area contributed by atoms with Gasteiger partial charge in [0.2, 0.25) is 10.0 Å². The van der Waals surface area contributed by atoms with Crippen LogP contribution in [-0.2, 0) is 16.4 Å². The number of benzene rings is 1. The fourth-order valence-electron chi connectivity index (χ4n) is 1.45. The quantitative estimate of drug-likeness (QED) is 0.775. The highest BCUT2D eigenvalue weighted by Crippen LogP contribution is 2.16. The molecule has 0 saturated heterocycles. The summed E-state index contributed by atoms with van der Waals surface area (Å²) in [5.41, 5.74) is 0.569. The molecule has 1 rings (SSSR count). The number of hydrogen-bond donors (Lipinski definition) is 2. The first-order valence-electron chi connectivity index (χ1n) is 5.21. The van der Waals surface area contributed by atoms with Gasteiger partial charge in [0, 0.05) is 0 Å². The van der Waals surface area contributed by atoms with Crippen molar-refractivity contribution in [2.45, 2.75) is 18.2 Å². The average Bonchev–Trinajstić information content (AvgIpc) is 2.35. The molecule has 0 atom stereocenters. The van der Waals surface area contributed by atoms with Crippen LogP contribution in [0.4, 0.5) is 0 Å². The van der Waals surface area contributed by atoms with Gasteiger partial charge in [-0.3, -0.25) is 0 Å². The number of nitrogens with one attached hydrogen (secondary N) is 1. The summed E-state index contributed by atoms with van der Waals surface area (Å²) >= 11 is 0. The molecular weight excluding hydrogens is 254 g/mol. The number of hydrogen-bond acceptors (Lipinski definition) is 3. The monoisotopic (exact) mass is 267 g/mol. The number of carboxylic acid groups (broad SMARTS) is 1. The zero-order chi connectivity index (χ0) is 13.8. The van der Waals surface area contributed by atoms with E-state index < -0.39 is 16.0 Å². The summed E-state index contributed by atoms with van der Waals surface area (Å²) < 4.78 is 25.7. The number of aromatic carboxylic acids is 1. The SMILES string of the molecule is C#CCNS(=O)(=O)c1ccc(CC)c(C(=O)O)c1. The predicted octanol–water partition coefficient (Wildman–Crippen LogP) is 0.859. The normalized spacial score (nSPS) is 10.9. The molecule has 18 heavy (non-hydrogen) atoms. The lowest BCUT2D eigenvalue weighted by Crippen LogP contribution is -2.24. The minimum Gasteiger partial charge on any atom is -0.478 e. The number of rotatable bonds is 5. The fraction of sp³-hybridized carbons (Fsp3) is 0.250. The van der Waals surface area contributed by atoms with Crippen LogP contribution >= 0.6 is 0 Å². The Hall–Kier alpha value is -1.84. The van der Waals surface area contributed by atoms with Crippen LogP contribution in [0.3, 0.4) is 0 Å². The molecule has 0 heterocycles. The lowest BCUT2D eigenvalue weighted by Gasteiger charge is -2.08. The minimum absolute atomic E-state index is 0.0129. The second-order valence-electron chi connectivity index (χ2n) is 3.51. The van der Waals surface area contributed by atoms with Crippen molar-refractivity contribution in [3.05, 3.63) is 29.3 Å². The zero-order valence-electron chi connectivity index (χ0n) is 9.80. The maximum absolute atomic E-state index is 11.8. The number of terminal acetylenes is 1. The molecule has 2 N–H and O–H groups in total. The Labute approximate surface area is 106 Å². The van der Waals surface area contributed by atoms with E-state index in [1.54, 1.807) is 6.92 Å². The number of carbonyl (C=O) groups is 1. The van der Waals surface area contributed by atoms with Gasteiger partial charge in [-0.2, -0.15) is 4.72 Å². The van der Waals surface area contributed by atoms with Gasteiger partial charge in [0.05, 0.1) is 17.0 Å². The van der Waals surface area contributed by atoms with Crippen molar-refractivity contribution < 1.29 is 18.3 Å². The molecule has 0 spiro atoms. The first-order chi connectivity index (χ1) is 8.42. The largest absolute Gasteiger partial charge is 0.478 e. The zero-order valence-corrected chi connectivity index (χ0v) is 10.6. The second-order valence-corrected chi connectivity index (χ2v) is 5.27. The van der Waals surface area contributed by atoms with Crippen LogP contribution in [0.1, 0.15) is 22.8 Å². The highest BCUT2D eigenvalue weighted by atomic mass is 32.2. The van der Waals surface area contributed by atoms with Crippen molar-refractivity contribution in [2.24, 2.45) is 0 Å². The molecule has 0 aliphatic carbocycles. The Morgan fingerprint density at radius 1 is 1.50 bits per heavy atom. The van der Waals surface area contributed by atoms with E-state index in [2.05, 4.69) is 10.6 Å². The standard InChI is InChI=1S/C12H13NO4S/c1-3-7-13-18(16,17)10-6-5-9(4-2)11(8-10)12(14)15/h1,5-6,8,13H,4,7H2,2H3,(H,14,15). The highest BCUT2D eigenvalue weighted by Gasteiger charge is 2.17. The van der Waals surface area contributed by atoms with Gasteiger partial charge < -0.3 is 5.11 Å². The summed E-state index contributed by atoms with van der Waals surface area (Å²) in [7, 11) is -3.76. The van der Waals surface area contributed by atoms with Crippen molar-refractivity contribution in [3.8, 4) is 12.3 Å². The molecule has 96 valence electrons. The van der Waals surface area contributed by atoms with E-state index in [0.29, 0.717) is 12.0 Å².